The van der Waals surface area contributed by atoms with Crippen molar-refractivity contribution in [3.63, 3.8) is 0 Å². The highest BCUT2D eigenvalue weighted by Gasteiger charge is 2.26. The molecular formula is C16H26N4. The molecule has 2 aliphatic rings. The fraction of sp³-hybridized carbons (Fsp3) is 0.750. The van der Waals surface area contributed by atoms with Crippen molar-refractivity contribution in [1.82, 2.24) is 14.9 Å². The van der Waals surface area contributed by atoms with E-state index in [4.69, 9.17) is 0 Å². The van der Waals surface area contributed by atoms with Crippen LogP contribution in [0, 0.1) is 0 Å². The Morgan fingerprint density at radius 2 is 1.85 bits per heavy atom. The summed E-state index contributed by atoms with van der Waals surface area (Å²) in [5.74, 6) is 1.12. The summed E-state index contributed by atoms with van der Waals surface area (Å²) in [5.41, 5.74) is 1.18. The summed E-state index contributed by atoms with van der Waals surface area (Å²) in [5, 5.41) is 0. The van der Waals surface area contributed by atoms with Crippen molar-refractivity contribution in [3.8, 4) is 0 Å². The molecule has 0 amide bonds. The lowest BCUT2D eigenvalue weighted by molar-refractivity contribution is 0.187. The molecule has 1 aliphatic heterocycles. The Balaban J connectivity index is 1.58. The largest absolute Gasteiger partial charge is 0.354 e. The van der Waals surface area contributed by atoms with E-state index in [1.807, 2.05) is 0 Å². The van der Waals surface area contributed by atoms with Crippen molar-refractivity contribution >= 4 is 5.82 Å². The van der Waals surface area contributed by atoms with Gasteiger partial charge in [0.05, 0.1) is 0 Å². The monoisotopic (exact) mass is 274 g/mol. The summed E-state index contributed by atoms with van der Waals surface area (Å²) < 4.78 is 0. The van der Waals surface area contributed by atoms with E-state index in [-0.39, 0.29) is 0 Å². The molecular weight excluding hydrogens is 248 g/mol. The van der Waals surface area contributed by atoms with E-state index in [1.165, 1.54) is 44.5 Å². The van der Waals surface area contributed by atoms with Crippen LogP contribution in [0.1, 0.15) is 44.7 Å². The lowest BCUT2D eigenvalue weighted by atomic mass is 10.1. The highest BCUT2D eigenvalue weighted by Crippen LogP contribution is 2.25. The van der Waals surface area contributed by atoms with Crippen LogP contribution >= 0.6 is 0 Å². The molecule has 0 N–H and O–H groups in total. The zero-order valence-corrected chi connectivity index (χ0v) is 12.6. The molecule has 2 fully saturated rings. The first-order chi connectivity index (χ1) is 9.86. The second-order valence-corrected chi connectivity index (χ2v) is 6.08. The molecule has 3 rings (SSSR count). The van der Waals surface area contributed by atoms with Crippen LogP contribution in [-0.2, 0) is 6.42 Å². The zero-order chi connectivity index (χ0) is 13.8. The first kappa shape index (κ1) is 13.8. The standard InChI is InChI=1S/C16H26N4/c1-2-5-14-12-16(18-13-17-14)20-10-8-19(9-11-20)15-6-3-4-7-15/h12-13,15H,2-11H2,1H3. The summed E-state index contributed by atoms with van der Waals surface area (Å²) in [6.45, 7) is 6.80. The van der Waals surface area contributed by atoms with E-state index < -0.39 is 0 Å². The summed E-state index contributed by atoms with van der Waals surface area (Å²) in [6, 6.07) is 3.03. The molecule has 0 bridgehead atoms. The fourth-order valence-corrected chi connectivity index (χ4v) is 3.54. The minimum Gasteiger partial charge on any atom is -0.354 e. The molecule has 2 heterocycles. The molecule has 110 valence electrons. The first-order valence-electron chi connectivity index (χ1n) is 8.16. The number of hydrogen-bond donors (Lipinski definition) is 0. The topological polar surface area (TPSA) is 32.3 Å². The average molecular weight is 274 g/mol. The third kappa shape index (κ3) is 3.11. The van der Waals surface area contributed by atoms with Gasteiger partial charge in [0.25, 0.3) is 0 Å². The predicted molar refractivity (Wildman–Crippen MR) is 82.1 cm³/mol. The Kier molecular flexibility index (Phi) is 4.51. The van der Waals surface area contributed by atoms with Crippen molar-refractivity contribution < 1.29 is 0 Å². The quantitative estimate of drug-likeness (QED) is 0.844. The van der Waals surface area contributed by atoms with Crippen LogP contribution in [0.5, 0.6) is 0 Å². The van der Waals surface area contributed by atoms with Gasteiger partial charge in [-0.15, -0.1) is 0 Å². The summed E-state index contributed by atoms with van der Waals surface area (Å²) in [7, 11) is 0. The Morgan fingerprint density at radius 3 is 2.55 bits per heavy atom. The number of anilines is 1. The minimum absolute atomic E-state index is 0.859. The molecule has 1 aromatic heterocycles. The van der Waals surface area contributed by atoms with Crippen molar-refractivity contribution in [3.05, 3.63) is 18.1 Å². The zero-order valence-electron chi connectivity index (χ0n) is 12.6. The van der Waals surface area contributed by atoms with Gasteiger partial charge in [0, 0.05) is 44.0 Å². The smallest absolute Gasteiger partial charge is 0.132 e. The lowest BCUT2D eigenvalue weighted by Gasteiger charge is -2.38. The molecule has 1 aliphatic carbocycles. The van der Waals surface area contributed by atoms with E-state index in [0.717, 1.165) is 37.8 Å². The molecule has 4 heteroatoms. The van der Waals surface area contributed by atoms with Crippen LogP contribution < -0.4 is 4.90 Å². The van der Waals surface area contributed by atoms with E-state index in [2.05, 4.69) is 32.8 Å². The maximum absolute atomic E-state index is 4.46. The minimum atomic E-state index is 0.859. The molecule has 1 saturated heterocycles. The Hall–Kier alpha value is -1.16. The van der Waals surface area contributed by atoms with Gasteiger partial charge in [-0.3, -0.25) is 4.90 Å². The third-order valence-corrected chi connectivity index (χ3v) is 4.69. The molecule has 0 unspecified atom stereocenters. The molecule has 4 nitrogen and oxygen atoms in total. The number of hydrogen-bond acceptors (Lipinski definition) is 4. The van der Waals surface area contributed by atoms with Gasteiger partial charge in [0.2, 0.25) is 0 Å². The Morgan fingerprint density at radius 1 is 1.10 bits per heavy atom. The van der Waals surface area contributed by atoms with E-state index in [0.29, 0.717) is 0 Å². The molecule has 20 heavy (non-hydrogen) atoms. The summed E-state index contributed by atoms with van der Waals surface area (Å²) in [4.78, 5) is 13.9. The summed E-state index contributed by atoms with van der Waals surface area (Å²) in [6.07, 6.45) is 9.60. The van der Waals surface area contributed by atoms with E-state index in [1.54, 1.807) is 6.33 Å². The molecule has 1 saturated carbocycles. The van der Waals surface area contributed by atoms with Crippen molar-refractivity contribution in [2.24, 2.45) is 0 Å². The van der Waals surface area contributed by atoms with Crippen molar-refractivity contribution in [2.45, 2.75) is 51.5 Å². The Labute approximate surface area is 122 Å². The van der Waals surface area contributed by atoms with Crippen LogP contribution in [-0.4, -0.2) is 47.1 Å². The van der Waals surface area contributed by atoms with Gasteiger partial charge in [-0.1, -0.05) is 26.2 Å². The molecule has 0 spiro atoms. The highest BCUT2D eigenvalue weighted by atomic mass is 15.3. The maximum Gasteiger partial charge on any atom is 0.132 e. The fourth-order valence-electron chi connectivity index (χ4n) is 3.54. The number of rotatable bonds is 4. The number of aryl methyl sites for hydroxylation is 1. The van der Waals surface area contributed by atoms with Gasteiger partial charge in [-0.05, 0) is 19.3 Å². The van der Waals surface area contributed by atoms with Gasteiger partial charge in [0.15, 0.2) is 0 Å². The maximum atomic E-state index is 4.46. The molecule has 0 atom stereocenters. The van der Waals surface area contributed by atoms with E-state index >= 15 is 0 Å². The number of nitrogens with zero attached hydrogens (tertiary/aromatic N) is 4. The SMILES string of the molecule is CCCc1cc(N2CCN(C3CCCC3)CC2)ncn1. The normalized spacial score (nSPS) is 21.6. The molecule has 0 radical (unpaired) electrons. The number of aromatic nitrogens is 2. The van der Waals surface area contributed by atoms with Crippen LogP contribution in [0.3, 0.4) is 0 Å². The van der Waals surface area contributed by atoms with Gasteiger partial charge in [-0.25, -0.2) is 9.97 Å². The predicted octanol–water partition coefficient (Wildman–Crippen LogP) is 2.49. The van der Waals surface area contributed by atoms with Crippen molar-refractivity contribution in [1.29, 1.82) is 0 Å². The first-order valence-corrected chi connectivity index (χ1v) is 8.16. The molecule has 0 aromatic carbocycles. The second-order valence-electron chi connectivity index (χ2n) is 6.08. The van der Waals surface area contributed by atoms with Crippen LogP contribution in [0.15, 0.2) is 12.4 Å². The second kappa shape index (κ2) is 6.53. The average Bonchev–Trinajstić information content (AvgIpc) is 3.02. The van der Waals surface area contributed by atoms with Gasteiger partial charge in [0.1, 0.15) is 12.1 Å². The van der Waals surface area contributed by atoms with Gasteiger partial charge >= 0.3 is 0 Å². The third-order valence-electron chi connectivity index (χ3n) is 4.69. The summed E-state index contributed by atoms with van der Waals surface area (Å²) >= 11 is 0. The van der Waals surface area contributed by atoms with Crippen LogP contribution in [0.25, 0.3) is 0 Å². The lowest BCUT2D eigenvalue weighted by Crippen LogP contribution is -2.50. The van der Waals surface area contributed by atoms with Crippen LogP contribution in [0.2, 0.25) is 0 Å². The van der Waals surface area contributed by atoms with E-state index in [9.17, 15) is 0 Å². The van der Waals surface area contributed by atoms with Gasteiger partial charge in [-0.2, -0.15) is 0 Å². The van der Waals surface area contributed by atoms with Gasteiger partial charge < -0.3 is 4.90 Å². The highest BCUT2D eigenvalue weighted by molar-refractivity contribution is 5.39. The van der Waals surface area contributed by atoms with Crippen molar-refractivity contribution in [2.75, 3.05) is 31.1 Å². The Bertz CT molecular complexity index is 420. The molecule has 1 aromatic rings. The van der Waals surface area contributed by atoms with Crippen LogP contribution in [0.4, 0.5) is 5.82 Å². The number of piperazine rings is 1.